The topological polar surface area (TPSA) is 46.2 Å². The summed E-state index contributed by atoms with van der Waals surface area (Å²) in [6.45, 7) is 1.55. The second kappa shape index (κ2) is 6.65. The van der Waals surface area contributed by atoms with Crippen molar-refractivity contribution in [1.29, 1.82) is 0 Å². The summed E-state index contributed by atoms with van der Waals surface area (Å²) in [5.74, 6) is 0.546. The van der Waals surface area contributed by atoms with Gasteiger partial charge in [0.2, 0.25) is 0 Å². The SMILES string of the molecule is S=C(NCC1CCCO1)Nc1ncc(Br)cc1Cl. The number of nitrogens with zero attached hydrogens (tertiary/aromatic N) is 1. The van der Waals surface area contributed by atoms with Crippen molar-refractivity contribution in [3.05, 3.63) is 21.8 Å². The lowest BCUT2D eigenvalue weighted by molar-refractivity contribution is 0.114. The van der Waals surface area contributed by atoms with Crippen LogP contribution < -0.4 is 10.6 Å². The van der Waals surface area contributed by atoms with Gasteiger partial charge in [0, 0.05) is 23.8 Å². The van der Waals surface area contributed by atoms with Crippen LogP contribution in [0.5, 0.6) is 0 Å². The van der Waals surface area contributed by atoms with E-state index in [1.54, 1.807) is 12.3 Å². The Hall–Kier alpha value is -0.430. The van der Waals surface area contributed by atoms with Gasteiger partial charge in [0.05, 0.1) is 11.1 Å². The number of ether oxygens (including phenoxy) is 1. The van der Waals surface area contributed by atoms with Gasteiger partial charge in [-0.3, -0.25) is 0 Å². The molecule has 1 saturated heterocycles. The van der Waals surface area contributed by atoms with Gasteiger partial charge in [0.25, 0.3) is 0 Å². The summed E-state index contributed by atoms with van der Waals surface area (Å²) in [5, 5.41) is 7.08. The molecule has 7 heteroatoms. The fourth-order valence-electron chi connectivity index (χ4n) is 1.67. The molecule has 1 fully saturated rings. The van der Waals surface area contributed by atoms with Crippen molar-refractivity contribution >= 4 is 50.7 Å². The molecule has 1 aromatic heterocycles. The van der Waals surface area contributed by atoms with Crippen LogP contribution >= 0.6 is 39.7 Å². The van der Waals surface area contributed by atoms with Gasteiger partial charge in [-0.25, -0.2) is 4.98 Å². The van der Waals surface area contributed by atoms with Gasteiger partial charge >= 0.3 is 0 Å². The van der Waals surface area contributed by atoms with Crippen LogP contribution in [0.1, 0.15) is 12.8 Å². The van der Waals surface area contributed by atoms with Gasteiger partial charge in [0.1, 0.15) is 0 Å². The highest BCUT2D eigenvalue weighted by atomic mass is 79.9. The zero-order valence-electron chi connectivity index (χ0n) is 9.58. The first-order valence-corrected chi connectivity index (χ1v) is 7.20. The van der Waals surface area contributed by atoms with Crippen molar-refractivity contribution < 1.29 is 4.74 Å². The summed E-state index contributed by atoms with van der Waals surface area (Å²) in [6, 6.07) is 1.76. The molecule has 0 saturated carbocycles. The van der Waals surface area contributed by atoms with Crippen molar-refractivity contribution in [2.75, 3.05) is 18.5 Å². The highest BCUT2D eigenvalue weighted by molar-refractivity contribution is 9.10. The fraction of sp³-hybridized carbons (Fsp3) is 0.455. The van der Waals surface area contributed by atoms with Gasteiger partial charge < -0.3 is 15.4 Å². The van der Waals surface area contributed by atoms with Crippen molar-refractivity contribution in [2.24, 2.45) is 0 Å². The fourth-order valence-corrected chi connectivity index (χ4v) is 2.53. The van der Waals surface area contributed by atoms with Crippen LogP contribution in [0.2, 0.25) is 5.02 Å². The minimum absolute atomic E-state index is 0.248. The lowest BCUT2D eigenvalue weighted by atomic mass is 10.2. The average molecular weight is 351 g/mol. The summed E-state index contributed by atoms with van der Waals surface area (Å²) in [6.07, 6.45) is 4.11. The number of halogens is 2. The van der Waals surface area contributed by atoms with E-state index in [1.165, 1.54) is 0 Å². The van der Waals surface area contributed by atoms with E-state index in [0.29, 0.717) is 22.5 Å². The van der Waals surface area contributed by atoms with Crippen LogP contribution in [-0.2, 0) is 4.74 Å². The van der Waals surface area contributed by atoms with Crippen LogP contribution in [0.25, 0.3) is 0 Å². The maximum atomic E-state index is 6.03. The Bertz CT molecular complexity index is 440. The van der Waals surface area contributed by atoms with E-state index in [2.05, 4.69) is 31.5 Å². The molecular weight excluding hydrogens is 338 g/mol. The molecule has 0 aromatic carbocycles. The van der Waals surface area contributed by atoms with Gasteiger partial charge in [0.15, 0.2) is 10.9 Å². The molecule has 0 aliphatic carbocycles. The highest BCUT2D eigenvalue weighted by Gasteiger charge is 2.15. The van der Waals surface area contributed by atoms with Crippen LogP contribution in [-0.4, -0.2) is 29.4 Å². The van der Waals surface area contributed by atoms with Crippen molar-refractivity contribution in [3.8, 4) is 0 Å². The standard InChI is InChI=1S/C11H13BrClN3OS/c12-7-4-9(13)10(14-5-7)16-11(18)15-6-8-2-1-3-17-8/h4-5,8H,1-3,6H2,(H2,14,15,16,18). The Kier molecular flexibility index (Phi) is 5.17. The monoisotopic (exact) mass is 349 g/mol. The van der Waals surface area contributed by atoms with E-state index >= 15 is 0 Å². The first-order chi connectivity index (χ1) is 8.65. The minimum Gasteiger partial charge on any atom is -0.376 e. The van der Waals surface area contributed by atoms with Crippen molar-refractivity contribution in [1.82, 2.24) is 10.3 Å². The Balaban J connectivity index is 1.82. The lowest BCUT2D eigenvalue weighted by Gasteiger charge is -2.14. The Morgan fingerprint density at radius 2 is 2.50 bits per heavy atom. The first kappa shape index (κ1) is 14.0. The zero-order chi connectivity index (χ0) is 13.0. The average Bonchev–Trinajstić information content (AvgIpc) is 2.83. The van der Waals surface area contributed by atoms with E-state index in [1.807, 2.05) is 0 Å². The molecule has 1 atom stereocenters. The minimum atomic E-state index is 0.248. The van der Waals surface area contributed by atoms with E-state index in [4.69, 9.17) is 28.6 Å². The van der Waals surface area contributed by atoms with E-state index in [9.17, 15) is 0 Å². The van der Waals surface area contributed by atoms with Gasteiger partial charge in [-0.05, 0) is 47.1 Å². The van der Waals surface area contributed by atoms with Gasteiger partial charge in [-0.15, -0.1) is 0 Å². The van der Waals surface area contributed by atoms with Crippen molar-refractivity contribution in [3.63, 3.8) is 0 Å². The number of nitrogens with one attached hydrogen (secondary N) is 2. The van der Waals surface area contributed by atoms with E-state index in [-0.39, 0.29) is 6.10 Å². The third-order valence-electron chi connectivity index (χ3n) is 2.55. The molecule has 1 aromatic rings. The largest absolute Gasteiger partial charge is 0.376 e. The van der Waals surface area contributed by atoms with E-state index in [0.717, 1.165) is 23.9 Å². The first-order valence-electron chi connectivity index (χ1n) is 5.62. The molecule has 1 unspecified atom stereocenters. The van der Waals surface area contributed by atoms with Crippen molar-refractivity contribution in [2.45, 2.75) is 18.9 Å². The number of hydrogen-bond acceptors (Lipinski definition) is 3. The Morgan fingerprint density at radius 1 is 1.67 bits per heavy atom. The molecule has 0 spiro atoms. The lowest BCUT2D eigenvalue weighted by Crippen LogP contribution is -2.35. The van der Waals surface area contributed by atoms with Crippen LogP contribution in [0, 0.1) is 0 Å². The molecule has 2 N–H and O–H groups in total. The molecule has 18 heavy (non-hydrogen) atoms. The molecule has 1 aliphatic rings. The van der Waals surface area contributed by atoms with Gasteiger partial charge in [-0.1, -0.05) is 11.6 Å². The predicted octanol–water partition coefficient (Wildman–Crippen LogP) is 2.96. The molecule has 0 amide bonds. The quantitative estimate of drug-likeness (QED) is 0.821. The zero-order valence-corrected chi connectivity index (χ0v) is 12.7. The smallest absolute Gasteiger partial charge is 0.172 e. The molecule has 98 valence electrons. The molecule has 0 bridgehead atoms. The maximum Gasteiger partial charge on any atom is 0.172 e. The molecule has 0 radical (unpaired) electrons. The van der Waals surface area contributed by atoms with Crippen LogP contribution in [0.3, 0.4) is 0 Å². The number of pyridine rings is 1. The summed E-state index contributed by atoms with van der Waals surface area (Å²) < 4.78 is 6.33. The third-order valence-corrected chi connectivity index (χ3v) is 3.52. The number of hydrogen-bond donors (Lipinski definition) is 2. The molecule has 2 rings (SSSR count). The third kappa shape index (κ3) is 4.05. The normalized spacial score (nSPS) is 18.7. The molecular formula is C11H13BrClN3OS. The molecule has 2 heterocycles. The molecule has 4 nitrogen and oxygen atoms in total. The number of aromatic nitrogens is 1. The van der Waals surface area contributed by atoms with Crippen LogP contribution in [0.4, 0.5) is 5.82 Å². The Morgan fingerprint density at radius 3 is 3.17 bits per heavy atom. The van der Waals surface area contributed by atoms with E-state index < -0.39 is 0 Å². The highest BCUT2D eigenvalue weighted by Crippen LogP contribution is 2.22. The number of anilines is 1. The number of rotatable bonds is 3. The maximum absolute atomic E-state index is 6.03. The van der Waals surface area contributed by atoms with Gasteiger partial charge in [-0.2, -0.15) is 0 Å². The van der Waals surface area contributed by atoms with Crippen LogP contribution in [0.15, 0.2) is 16.7 Å². The summed E-state index contributed by atoms with van der Waals surface area (Å²) >= 11 is 14.5. The molecule has 1 aliphatic heterocycles. The second-order valence-electron chi connectivity index (χ2n) is 3.95. The Labute approximate surface area is 125 Å². The summed E-state index contributed by atoms with van der Waals surface area (Å²) in [5.41, 5.74) is 0. The number of thiocarbonyl (C=S) groups is 1. The summed E-state index contributed by atoms with van der Waals surface area (Å²) in [7, 11) is 0. The second-order valence-corrected chi connectivity index (χ2v) is 5.69. The summed E-state index contributed by atoms with van der Waals surface area (Å²) in [4.78, 5) is 4.15. The predicted molar refractivity (Wildman–Crippen MR) is 80.1 cm³/mol.